The van der Waals surface area contributed by atoms with Gasteiger partial charge in [-0.3, -0.25) is 4.79 Å². The average Bonchev–Trinajstić information content (AvgIpc) is 2.79. The molecular weight excluding hydrogens is 374 g/mol. The fraction of sp³-hybridized carbons (Fsp3) is 0.360. The predicted octanol–water partition coefficient (Wildman–Crippen LogP) is 5.19. The zero-order valence-corrected chi connectivity index (χ0v) is 17.3. The zero-order valence-electron chi connectivity index (χ0n) is 17.3. The number of nitrogens with zero attached hydrogens (tertiary/aromatic N) is 1. The van der Waals surface area contributed by atoms with Crippen LogP contribution >= 0.6 is 0 Å². The molecule has 0 radical (unpaired) electrons. The van der Waals surface area contributed by atoms with Crippen molar-refractivity contribution in [2.75, 3.05) is 6.54 Å². The topological polar surface area (TPSA) is 77.2 Å². The van der Waals surface area contributed by atoms with E-state index >= 15 is 0 Å². The van der Waals surface area contributed by atoms with Crippen LogP contribution in [0, 0.1) is 5.92 Å². The molecule has 1 aliphatic rings. The fourth-order valence-electron chi connectivity index (χ4n) is 4.28. The summed E-state index contributed by atoms with van der Waals surface area (Å²) in [6.45, 7) is 1.91. The van der Waals surface area contributed by atoms with Crippen LogP contribution < -0.4 is 15.8 Å². The lowest BCUT2D eigenvalue weighted by Gasteiger charge is -2.21. The summed E-state index contributed by atoms with van der Waals surface area (Å²) in [4.78, 5) is 15.4. The van der Waals surface area contributed by atoms with Gasteiger partial charge in [-0.2, -0.15) is 0 Å². The number of nitrogens with two attached hydrogens (primary N) is 1. The van der Waals surface area contributed by atoms with Gasteiger partial charge in [-0.25, -0.2) is 4.98 Å². The lowest BCUT2D eigenvalue weighted by Crippen LogP contribution is -2.19. The number of benzene rings is 2. The molecule has 0 spiro atoms. The maximum absolute atomic E-state index is 11.2. The Bertz CT molecular complexity index is 995. The summed E-state index contributed by atoms with van der Waals surface area (Å²) in [7, 11) is 0. The van der Waals surface area contributed by atoms with Gasteiger partial charge in [0.05, 0.1) is 5.56 Å². The molecule has 0 bridgehead atoms. The Labute approximate surface area is 177 Å². The quantitative estimate of drug-likeness (QED) is 0.508. The van der Waals surface area contributed by atoms with Crippen molar-refractivity contribution in [2.45, 2.75) is 45.1 Å². The van der Waals surface area contributed by atoms with Crippen molar-refractivity contribution in [1.29, 1.82) is 0 Å². The monoisotopic (exact) mass is 403 g/mol. The van der Waals surface area contributed by atoms with E-state index in [9.17, 15) is 4.79 Å². The van der Waals surface area contributed by atoms with Gasteiger partial charge in [0.1, 0.15) is 5.75 Å². The maximum atomic E-state index is 11.2. The van der Waals surface area contributed by atoms with E-state index in [1.54, 1.807) is 12.1 Å². The Kier molecular flexibility index (Phi) is 6.60. The average molecular weight is 404 g/mol. The van der Waals surface area contributed by atoms with Gasteiger partial charge in [-0.05, 0) is 42.0 Å². The Hall–Kier alpha value is -2.92. The molecule has 3 N–H and O–H groups in total. The van der Waals surface area contributed by atoms with Crippen LogP contribution in [0.25, 0.3) is 10.8 Å². The van der Waals surface area contributed by atoms with Crippen LogP contribution in [0.15, 0.2) is 54.7 Å². The first-order chi connectivity index (χ1) is 14.7. The molecule has 5 heteroatoms. The van der Waals surface area contributed by atoms with Crippen molar-refractivity contribution in [2.24, 2.45) is 11.7 Å². The van der Waals surface area contributed by atoms with E-state index in [0.29, 0.717) is 11.4 Å². The maximum Gasteiger partial charge on any atom is 0.250 e. The first-order valence-electron chi connectivity index (χ1n) is 10.9. The Morgan fingerprint density at radius 3 is 2.57 bits per heavy atom. The molecule has 1 fully saturated rings. The summed E-state index contributed by atoms with van der Waals surface area (Å²) < 4.78 is 6.00. The molecule has 0 saturated heterocycles. The van der Waals surface area contributed by atoms with Crippen LogP contribution in [-0.2, 0) is 6.54 Å². The third-order valence-electron chi connectivity index (χ3n) is 5.98. The Balaban J connectivity index is 1.43. The van der Waals surface area contributed by atoms with Gasteiger partial charge in [-0.15, -0.1) is 0 Å². The molecule has 1 aromatic heterocycles. The molecule has 0 atom stereocenters. The minimum absolute atomic E-state index is 0.363. The zero-order chi connectivity index (χ0) is 20.8. The van der Waals surface area contributed by atoms with Gasteiger partial charge in [0.15, 0.2) is 0 Å². The second-order valence-electron chi connectivity index (χ2n) is 8.09. The summed E-state index contributed by atoms with van der Waals surface area (Å²) in [6.07, 6.45) is 9.70. The highest BCUT2D eigenvalue weighted by molar-refractivity contribution is 5.92. The normalized spacial score (nSPS) is 14.7. The van der Waals surface area contributed by atoms with Crippen molar-refractivity contribution >= 4 is 16.7 Å². The number of rotatable bonds is 8. The molecule has 1 saturated carbocycles. The molecule has 156 valence electrons. The number of carbonyl (C=O) groups excluding carboxylic acids is 1. The van der Waals surface area contributed by atoms with Crippen LogP contribution in [0.1, 0.15) is 54.4 Å². The van der Waals surface area contributed by atoms with E-state index < -0.39 is 5.91 Å². The highest BCUT2D eigenvalue weighted by Gasteiger charge is 2.13. The minimum Gasteiger partial charge on any atom is -0.438 e. The standard InChI is InChI=1S/C25H29N3O2/c26-25(29)20-11-13-24(28-17-20)30-23-12-10-19(21-8-4-5-9-22(21)23)16-27-15-14-18-6-2-1-3-7-18/h4-5,8-13,17-18,27H,1-3,6-7,14-16H2,(H2,26,29). The van der Waals surface area contributed by atoms with Gasteiger partial charge in [-0.1, -0.05) is 62.4 Å². The fourth-order valence-corrected chi connectivity index (χ4v) is 4.28. The number of nitrogens with one attached hydrogen (secondary N) is 1. The molecule has 2 aromatic carbocycles. The second-order valence-corrected chi connectivity index (χ2v) is 8.09. The largest absolute Gasteiger partial charge is 0.438 e. The van der Waals surface area contributed by atoms with Gasteiger partial charge in [0.25, 0.3) is 0 Å². The first-order valence-corrected chi connectivity index (χ1v) is 10.9. The first kappa shape index (κ1) is 20.4. The summed E-state index contributed by atoms with van der Waals surface area (Å²) >= 11 is 0. The molecule has 1 amide bonds. The lowest BCUT2D eigenvalue weighted by molar-refractivity contribution is 0.1000. The molecule has 30 heavy (non-hydrogen) atoms. The number of hydrogen-bond acceptors (Lipinski definition) is 4. The van der Waals surface area contributed by atoms with Crippen LogP contribution in [0.4, 0.5) is 0 Å². The number of fused-ring (bicyclic) bond motifs is 1. The number of ether oxygens (including phenoxy) is 1. The highest BCUT2D eigenvalue weighted by atomic mass is 16.5. The lowest BCUT2D eigenvalue weighted by atomic mass is 9.87. The van der Waals surface area contributed by atoms with Crippen molar-refractivity contribution in [3.05, 3.63) is 65.9 Å². The van der Waals surface area contributed by atoms with Crippen LogP contribution in [-0.4, -0.2) is 17.4 Å². The van der Waals surface area contributed by atoms with Crippen molar-refractivity contribution in [3.63, 3.8) is 0 Å². The number of primary amides is 1. The smallest absolute Gasteiger partial charge is 0.250 e. The van der Waals surface area contributed by atoms with Gasteiger partial charge in [0, 0.05) is 24.2 Å². The van der Waals surface area contributed by atoms with Gasteiger partial charge < -0.3 is 15.8 Å². The van der Waals surface area contributed by atoms with Crippen molar-refractivity contribution in [1.82, 2.24) is 10.3 Å². The van der Waals surface area contributed by atoms with Crippen LogP contribution in [0.3, 0.4) is 0 Å². The molecule has 1 aliphatic carbocycles. The molecule has 1 heterocycles. The number of carbonyl (C=O) groups is 1. The molecule has 0 unspecified atom stereocenters. The molecule has 3 aromatic rings. The SMILES string of the molecule is NC(=O)c1ccc(Oc2ccc(CNCCC3CCCCC3)c3ccccc23)nc1. The number of aromatic nitrogens is 1. The van der Waals surface area contributed by atoms with Crippen molar-refractivity contribution in [3.8, 4) is 11.6 Å². The van der Waals surface area contributed by atoms with E-state index in [1.165, 1.54) is 55.7 Å². The summed E-state index contributed by atoms with van der Waals surface area (Å²) in [5.74, 6) is 1.58. The third kappa shape index (κ3) is 4.97. The van der Waals surface area contributed by atoms with E-state index in [0.717, 1.165) is 30.1 Å². The van der Waals surface area contributed by atoms with E-state index in [-0.39, 0.29) is 0 Å². The second kappa shape index (κ2) is 9.72. The van der Waals surface area contributed by atoms with Crippen molar-refractivity contribution < 1.29 is 9.53 Å². The Morgan fingerprint density at radius 1 is 1.03 bits per heavy atom. The molecule has 0 aliphatic heterocycles. The number of pyridine rings is 1. The van der Waals surface area contributed by atoms with E-state index in [4.69, 9.17) is 10.5 Å². The minimum atomic E-state index is -0.500. The van der Waals surface area contributed by atoms with Gasteiger partial charge in [0.2, 0.25) is 11.8 Å². The van der Waals surface area contributed by atoms with Crippen LogP contribution in [0.5, 0.6) is 11.6 Å². The van der Waals surface area contributed by atoms with Gasteiger partial charge >= 0.3 is 0 Å². The number of hydrogen-bond donors (Lipinski definition) is 2. The highest BCUT2D eigenvalue weighted by Crippen LogP contribution is 2.31. The predicted molar refractivity (Wildman–Crippen MR) is 120 cm³/mol. The van der Waals surface area contributed by atoms with E-state index in [1.807, 2.05) is 12.1 Å². The number of amides is 1. The molecule has 4 rings (SSSR count). The summed E-state index contributed by atoms with van der Waals surface area (Å²) in [5.41, 5.74) is 6.90. The van der Waals surface area contributed by atoms with E-state index in [2.05, 4.69) is 34.6 Å². The van der Waals surface area contributed by atoms with Crippen LogP contribution in [0.2, 0.25) is 0 Å². The summed E-state index contributed by atoms with van der Waals surface area (Å²) in [5, 5.41) is 5.85. The molecule has 5 nitrogen and oxygen atoms in total. The Morgan fingerprint density at radius 2 is 1.83 bits per heavy atom. The summed E-state index contributed by atoms with van der Waals surface area (Å²) in [6, 6.07) is 15.6. The third-order valence-corrected chi connectivity index (χ3v) is 5.98. The molecular formula is C25H29N3O2.